The molecule has 71 heavy (non-hydrogen) atoms. The van der Waals surface area contributed by atoms with E-state index >= 15 is 0 Å². The van der Waals surface area contributed by atoms with E-state index in [1.165, 1.54) is 86.7 Å². The zero-order valence-corrected chi connectivity index (χ0v) is 41.4. The van der Waals surface area contributed by atoms with Crippen molar-refractivity contribution in [1.29, 1.82) is 0 Å². The van der Waals surface area contributed by atoms with Crippen LogP contribution in [0.2, 0.25) is 0 Å². The molecule has 0 radical (unpaired) electrons. The van der Waals surface area contributed by atoms with Gasteiger partial charge in [-0.3, -0.25) is 0 Å². The Morgan fingerprint density at radius 3 is 1.18 bits per heavy atom. The number of hydrogen-bond acceptors (Lipinski definition) is 6. The Morgan fingerprint density at radius 1 is 0.394 bits per heavy atom. The van der Waals surface area contributed by atoms with Crippen LogP contribution in [0.25, 0.3) is 64.5 Å². The summed E-state index contributed by atoms with van der Waals surface area (Å²) in [6.45, 7) is 6.13. The first-order chi connectivity index (χ1) is 35.0. The molecule has 4 heterocycles. The number of nitrogens with zero attached hydrogens (tertiary/aromatic N) is 4. The molecule has 4 aromatic heterocycles. The molecule has 0 bridgehead atoms. The molecular weight excluding hydrogens is 909 g/mol. The fourth-order valence-electron chi connectivity index (χ4n) is 12.3. The van der Waals surface area contributed by atoms with Gasteiger partial charge in [0.15, 0.2) is 0 Å². The summed E-state index contributed by atoms with van der Waals surface area (Å²) in [7, 11) is 3.48. The van der Waals surface area contributed by atoms with Crippen LogP contribution >= 0.6 is 22.7 Å². The molecule has 0 N–H and O–H groups in total. The predicted molar refractivity (Wildman–Crippen MR) is 298 cm³/mol. The van der Waals surface area contributed by atoms with E-state index in [9.17, 15) is 0 Å². The fourth-order valence-corrected chi connectivity index (χ4v) is 14.4. The highest BCUT2D eigenvalue weighted by Crippen LogP contribution is 2.66. The summed E-state index contributed by atoms with van der Waals surface area (Å²) >= 11 is 3.73. The maximum atomic E-state index is 5.70. The third-order valence-corrected chi connectivity index (χ3v) is 17.3. The van der Waals surface area contributed by atoms with Crippen molar-refractivity contribution >= 4 is 100 Å². The lowest BCUT2D eigenvalue weighted by Gasteiger charge is -2.32. The molecule has 6 nitrogen and oxygen atoms in total. The minimum atomic E-state index is -0.526. The molecule has 1 spiro atoms. The Bertz CT molecular complexity index is 3820. The lowest BCUT2D eigenvalue weighted by molar-refractivity contribution is 0.415. The number of hydrogen-bond donors (Lipinski definition) is 0. The lowest BCUT2D eigenvalue weighted by atomic mass is 9.71. The molecule has 0 saturated heterocycles. The van der Waals surface area contributed by atoms with E-state index < -0.39 is 5.41 Å². The van der Waals surface area contributed by atoms with E-state index in [0.29, 0.717) is 0 Å². The van der Waals surface area contributed by atoms with Crippen LogP contribution in [0.15, 0.2) is 193 Å². The summed E-state index contributed by atoms with van der Waals surface area (Å²) in [4.78, 5) is 7.62. The Kier molecular flexibility index (Phi) is 9.44. The van der Waals surface area contributed by atoms with Crippen LogP contribution in [-0.2, 0) is 18.5 Å². The topological polar surface area (TPSA) is 34.8 Å². The summed E-state index contributed by atoms with van der Waals surface area (Å²) in [5.41, 5.74) is 18.8. The van der Waals surface area contributed by atoms with Gasteiger partial charge in [-0.2, -0.15) is 0 Å². The molecule has 2 aliphatic rings. The molecule has 2 aliphatic carbocycles. The van der Waals surface area contributed by atoms with Gasteiger partial charge in [0.2, 0.25) is 0 Å². The number of aryl methyl sites for hydroxylation is 2. The van der Waals surface area contributed by atoms with Crippen molar-refractivity contribution in [3.8, 4) is 32.4 Å². The van der Waals surface area contributed by atoms with Crippen LogP contribution in [0.5, 0.6) is 11.5 Å². The smallest absolute Gasteiger partial charge is 0.120 e. The maximum Gasteiger partial charge on any atom is 0.120 e. The van der Waals surface area contributed by atoms with Gasteiger partial charge in [-0.1, -0.05) is 60.7 Å². The Morgan fingerprint density at radius 2 is 0.775 bits per heavy atom. The predicted octanol–water partition coefficient (Wildman–Crippen LogP) is 17.4. The van der Waals surface area contributed by atoms with Gasteiger partial charge in [0.25, 0.3) is 0 Å². The van der Waals surface area contributed by atoms with E-state index in [4.69, 9.17) is 9.47 Å². The highest BCUT2D eigenvalue weighted by molar-refractivity contribution is 7.21. The number of methoxy groups -OCH3 is 2. The first-order valence-corrected chi connectivity index (χ1v) is 26.1. The van der Waals surface area contributed by atoms with Gasteiger partial charge in [-0.15, -0.1) is 22.7 Å². The maximum absolute atomic E-state index is 5.70. The number of para-hydroxylation sites is 2. The van der Waals surface area contributed by atoms with Gasteiger partial charge < -0.3 is 28.4 Å². The molecule has 8 heteroatoms. The Labute approximate surface area is 420 Å². The van der Waals surface area contributed by atoms with Crippen molar-refractivity contribution in [2.75, 3.05) is 24.0 Å². The third kappa shape index (κ3) is 5.92. The van der Waals surface area contributed by atoms with Crippen LogP contribution < -0.4 is 19.3 Å². The zero-order valence-electron chi connectivity index (χ0n) is 39.8. The molecule has 0 unspecified atom stereocenters. The summed E-state index contributed by atoms with van der Waals surface area (Å²) < 4.78 is 16.2. The standard InChI is InChI=1S/C63H48N4O2S2/c1-5-64-57-35-43(19-25-49(57)51-27-21-45(68-3)37-59(51)64)66(39-13-9-7-10-14-39)41-17-23-47-48-24-18-42(34-56(48)63(55(47)33-41)53-29-31-70-61(53)62-54(63)30-32-71-62)67(40-15-11-8-12-16-40)44-20-26-50-52-28-22-46(69-4)38-60(52)65(6-2)58(50)36-44/h7-38H,5-6H2,1-4H3. The first-order valence-electron chi connectivity index (χ1n) is 24.4. The molecule has 0 aliphatic heterocycles. The average Bonchev–Trinajstić information content (AvgIpc) is 4.29. The monoisotopic (exact) mass is 956 g/mol. The number of anilines is 6. The molecule has 12 aromatic rings. The first kappa shape index (κ1) is 41.9. The van der Waals surface area contributed by atoms with E-state index in [-0.39, 0.29) is 0 Å². The second-order valence-electron chi connectivity index (χ2n) is 18.5. The molecule has 0 fully saturated rings. The molecule has 344 valence electrons. The molecule has 0 amide bonds. The molecule has 0 saturated carbocycles. The zero-order chi connectivity index (χ0) is 47.5. The number of aromatic nitrogens is 2. The molecule has 14 rings (SSSR count). The van der Waals surface area contributed by atoms with Gasteiger partial charge in [0.05, 0.1) is 41.7 Å². The number of benzene rings is 8. The van der Waals surface area contributed by atoms with Gasteiger partial charge in [0, 0.05) is 90.6 Å². The van der Waals surface area contributed by atoms with Crippen LogP contribution in [0.3, 0.4) is 0 Å². The highest BCUT2D eigenvalue weighted by Gasteiger charge is 2.53. The van der Waals surface area contributed by atoms with Crippen LogP contribution in [0.4, 0.5) is 34.1 Å². The van der Waals surface area contributed by atoms with Crippen molar-refractivity contribution in [3.63, 3.8) is 0 Å². The van der Waals surface area contributed by atoms with Crippen LogP contribution in [-0.4, -0.2) is 23.4 Å². The minimum Gasteiger partial charge on any atom is -0.497 e. The third-order valence-electron chi connectivity index (χ3n) is 15.3. The van der Waals surface area contributed by atoms with Crippen molar-refractivity contribution in [2.24, 2.45) is 0 Å². The van der Waals surface area contributed by atoms with E-state index in [1.54, 1.807) is 14.2 Å². The highest BCUT2D eigenvalue weighted by atomic mass is 32.1. The Balaban J connectivity index is 0.976. The molecular formula is C63H48N4O2S2. The SMILES string of the molecule is CCn1c2cc(OC)ccc2c2ccc(N(c3ccccc3)c3ccc4c(c3)C3(c5cc(N(c6ccccc6)c6ccc7c8ccc(OC)cc8n(CC)c7c6)ccc5-4)c4ccsc4-c4sccc43)cc21. The normalized spacial score (nSPS) is 13.0. The number of ether oxygens (including phenoxy) is 2. The van der Waals surface area contributed by atoms with Gasteiger partial charge in [-0.05, 0) is 167 Å². The summed E-state index contributed by atoms with van der Waals surface area (Å²) in [5, 5.41) is 9.52. The van der Waals surface area contributed by atoms with Crippen molar-refractivity contribution in [2.45, 2.75) is 32.4 Å². The summed E-state index contributed by atoms with van der Waals surface area (Å²) in [5.74, 6) is 1.73. The van der Waals surface area contributed by atoms with Crippen molar-refractivity contribution in [1.82, 2.24) is 9.13 Å². The number of fused-ring (bicyclic) bond motifs is 16. The van der Waals surface area contributed by atoms with Gasteiger partial charge >= 0.3 is 0 Å². The fraction of sp³-hybridized carbons (Fsp3) is 0.111. The Hall–Kier alpha value is -8.04. The number of rotatable bonds is 10. The van der Waals surface area contributed by atoms with E-state index in [1.807, 2.05) is 22.7 Å². The van der Waals surface area contributed by atoms with E-state index in [2.05, 4.69) is 226 Å². The largest absolute Gasteiger partial charge is 0.497 e. The van der Waals surface area contributed by atoms with Gasteiger partial charge in [0.1, 0.15) is 11.5 Å². The minimum absolute atomic E-state index is 0.526. The van der Waals surface area contributed by atoms with Gasteiger partial charge in [-0.25, -0.2) is 0 Å². The summed E-state index contributed by atoms with van der Waals surface area (Å²) in [6.07, 6.45) is 0. The van der Waals surface area contributed by atoms with Crippen LogP contribution in [0.1, 0.15) is 36.1 Å². The van der Waals surface area contributed by atoms with Crippen molar-refractivity contribution in [3.05, 3.63) is 215 Å². The summed E-state index contributed by atoms with van der Waals surface area (Å²) in [6, 6.07) is 67.7. The average molecular weight is 957 g/mol. The van der Waals surface area contributed by atoms with E-state index in [0.717, 1.165) is 58.7 Å². The van der Waals surface area contributed by atoms with Crippen molar-refractivity contribution < 1.29 is 9.47 Å². The number of thiophene rings is 2. The second-order valence-corrected chi connectivity index (χ2v) is 20.4. The molecule has 0 atom stereocenters. The van der Waals surface area contributed by atoms with Crippen LogP contribution in [0, 0.1) is 0 Å². The lowest BCUT2D eigenvalue weighted by Crippen LogP contribution is -2.26. The molecule has 8 aromatic carbocycles. The quantitative estimate of drug-likeness (QED) is 0.137. The second kappa shape index (κ2) is 16.0.